The summed E-state index contributed by atoms with van der Waals surface area (Å²) in [6, 6.07) is -0.0150. The first-order chi connectivity index (χ1) is 4.84. The Kier molecular flexibility index (Phi) is 3.09. The quantitative estimate of drug-likeness (QED) is 0.591. The van der Waals surface area contributed by atoms with E-state index in [4.69, 9.17) is 5.11 Å². The van der Waals surface area contributed by atoms with Crippen LogP contribution in [0, 0.1) is 0 Å². The summed E-state index contributed by atoms with van der Waals surface area (Å²) in [5, 5.41) is 9.40. The Hall–Kier alpha value is -0.150. The van der Waals surface area contributed by atoms with Gasteiger partial charge in [-0.2, -0.15) is 0 Å². The van der Waals surface area contributed by atoms with Crippen molar-refractivity contribution in [2.24, 2.45) is 0 Å². The maximum atomic E-state index is 12.8. The Morgan fingerprint density at radius 3 is 2.90 bits per heavy atom. The smallest absolute Gasteiger partial charge is 0.0446 e. The van der Waals surface area contributed by atoms with Crippen molar-refractivity contribution < 1.29 is 9.59 Å². The molecule has 1 heterocycles. The van der Waals surface area contributed by atoms with Crippen LogP contribution in [0.25, 0.3) is 0 Å². The van der Waals surface area contributed by atoms with Gasteiger partial charge in [0.2, 0.25) is 0 Å². The summed E-state index contributed by atoms with van der Waals surface area (Å²) in [5.41, 5.74) is 0. The van der Waals surface area contributed by atoms with Crippen LogP contribution in [-0.4, -0.2) is 29.4 Å². The van der Waals surface area contributed by atoms with Crippen LogP contribution in [0.3, 0.4) is 0 Å². The second kappa shape index (κ2) is 3.88. The van der Waals surface area contributed by atoms with E-state index >= 15 is 0 Å². The summed E-state index contributed by atoms with van der Waals surface area (Å²) < 4.78 is 12.8. The SMILES string of the molecule is OCCC1CCCCN1F. The second-order valence-electron chi connectivity index (χ2n) is 2.79. The Balaban J connectivity index is 2.25. The number of rotatable bonds is 2. The molecule has 0 amide bonds. The van der Waals surface area contributed by atoms with E-state index < -0.39 is 0 Å². The van der Waals surface area contributed by atoms with Gasteiger partial charge in [-0.05, 0) is 19.3 Å². The number of halogens is 1. The van der Waals surface area contributed by atoms with Gasteiger partial charge in [0.15, 0.2) is 0 Å². The lowest BCUT2D eigenvalue weighted by molar-refractivity contribution is -0.0517. The van der Waals surface area contributed by atoms with Gasteiger partial charge in [0, 0.05) is 19.2 Å². The molecule has 1 N–H and O–H groups in total. The number of nitrogens with zero attached hydrogens (tertiary/aromatic N) is 1. The molecule has 0 bridgehead atoms. The fourth-order valence-electron chi connectivity index (χ4n) is 1.40. The minimum Gasteiger partial charge on any atom is -0.396 e. The molecule has 1 rings (SSSR count). The molecule has 1 saturated heterocycles. The minimum atomic E-state index is -0.0150. The van der Waals surface area contributed by atoms with Crippen molar-refractivity contribution in [3.05, 3.63) is 0 Å². The zero-order valence-electron chi connectivity index (χ0n) is 6.09. The molecule has 0 aromatic carbocycles. The van der Waals surface area contributed by atoms with Gasteiger partial charge in [-0.3, -0.25) is 0 Å². The van der Waals surface area contributed by atoms with Crippen LogP contribution >= 0.6 is 0 Å². The zero-order valence-corrected chi connectivity index (χ0v) is 6.09. The summed E-state index contributed by atoms with van der Waals surface area (Å²) in [7, 11) is 0. The largest absolute Gasteiger partial charge is 0.396 e. The molecule has 0 aromatic heterocycles. The van der Waals surface area contributed by atoms with Gasteiger partial charge in [-0.1, -0.05) is 6.42 Å². The molecule has 1 fully saturated rings. The van der Waals surface area contributed by atoms with E-state index in [1.807, 2.05) is 0 Å². The van der Waals surface area contributed by atoms with Crippen molar-refractivity contribution in [1.82, 2.24) is 5.12 Å². The van der Waals surface area contributed by atoms with E-state index in [1.54, 1.807) is 0 Å². The first-order valence-electron chi connectivity index (χ1n) is 3.88. The third-order valence-corrected chi connectivity index (χ3v) is 2.02. The number of piperidine rings is 1. The molecule has 0 aliphatic carbocycles. The normalized spacial score (nSPS) is 28.8. The van der Waals surface area contributed by atoms with Gasteiger partial charge in [0.25, 0.3) is 0 Å². The van der Waals surface area contributed by atoms with Crippen molar-refractivity contribution in [2.45, 2.75) is 31.7 Å². The molecule has 1 aliphatic rings. The lowest BCUT2D eigenvalue weighted by atomic mass is 10.0. The number of aliphatic hydroxyl groups is 1. The predicted octanol–water partition coefficient (Wildman–Crippen LogP) is 1.11. The third kappa shape index (κ3) is 1.92. The Bertz CT molecular complexity index is 97.6. The lowest BCUT2D eigenvalue weighted by Gasteiger charge is -2.27. The molecule has 1 atom stereocenters. The fourth-order valence-corrected chi connectivity index (χ4v) is 1.40. The Morgan fingerprint density at radius 1 is 1.50 bits per heavy atom. The van der Waals surface area contributed by atoms with Gasteiger partial charge in [0.05, 0.1) is 0 Å². The van der Waals surface area contributed by atoms with Crippen LogP contribution in [0.2, 0.25) is 0 Å². The molecule has 0 saturated carbocycles. The van der Waals surface area contributed by atoms with Crippen molar-refractivity contribution in [3.63, 3.8) is 0 Å². The molecular weight excluding hydrogens is 133 g/mol. The van der Waals surface area contributed by atoms with E-state index in [-0.39, 0.29) is 12.6 Å². The van der Waals surface area contributed by atoms with Crippen molar-refractivity contribution >= 4 is 0 Å². The van der Waals surface area contributed by atoms with Crippen molar-refractivity contribution in [1.29, 1.82) is 0 Å². The molecule has 1 aliphatic heterocycles. The van der Waals surface area contributed by atoms with E-state index in [9.17, 15) is 4.48 Å². The number of aliphatic hydroxyl groups excluding tert-OH is 1. The van der Waals surface area contributed by atoms with Gasteiger partial charge in [-0.25, -0.2) is 0 Å². The third-order valence-electron chi connectivity index (χ3n) is 2.02. The topological polar surface area (TPSA) is 23.5 Å². The predicted molar refractivity (Wildman–Crippen MR) is 37.2 cm³/mol. The maximum absolute atomic E-state index is 12.8. The summed E-state index contributed by atoms with van der Waals surface area (Å²) in [6.45, 7) is 0.649. The highest BCUT2D eigenvalue weighted by atomic mass is 19.2. The summed E-state index contributed by atoms with van der Waals surface area (Å²) in [6.07, 6.45) is 3.54. The highest BCUT2D eigenvalue weighted by Gasteiger charge is 2.20. The van der Waals surface area contributed by atoms with E-state index in [0.717, 1.165) is 24.4 Å². The highest BCUT2D eigenvalue weighted by molar-refractivity contribution is 4.70. The lowest BCUT2D eigenvalue weighted by Crippen LogP contribution is -2.33. The van der Waals surface area contributed by atoms with Crippen molar-refractivity contribution in [3.8, 4) is 0 Å². The Morgan fingerprint density at radius 2 is 2.30 bits per heavy atom. The standard InChI is InChI=1S/C7H14FNO/c8-9-5-2-1-3-7(9)4-6-10/h7,10H,1-6H2. The van der Waals surface area contributed by atoms with Crippen LogP contribution < -0.4 is 0 Å². The van der Waals surface area contributed by atoms with Crippen LogP contribution in [0.15, 0.2) is 0 Å². The molecule has 10 heavy (non-hydrogen) atoms. The molecular formula is C7H14FNO. The van der Waals surface area contributed by atoms with Gasteiger partial charge in [0.1, 0.15) is 0 Å². The van der Waals surface area contributed by atoms with Crippen molar-refractivity contribution in [2.75, 3.05) is 13.2 Å². The fraction of sp³-hybridized carbons (Fsp3) is 1.00. The molecule has 2 nitrogen and oxygen atoms in total. The Labute approximate surface area is 60.6 Å². The number of hydrogen-bond acceptors (Lipinski definition) is 2. The van der Waals surface area contributed by atoms with Gasteiger partial charge >= 0.3 is 0 Å². The molecule has 0 radical (unpaired) electrons. The molecule has 0 aromatic rings. The molecule has 60 valence electrons. The van der Waals surface area contributed by atoms with Crippen LogP contribution in [0.5, 0.6) is 0 Å². The van der Waals surface area contributed by atoms with Crippen LogP contribution in [-0.2, 0) is 0 Å². The van der Waals surface area contributed by atoms with E-state index in [0.29, 0.717) is 13.0 Å². The molecule has 1 unspecified atom stereocenters. The van der Waals surface area contributed by atoms with E-state index in [1.165, 1.54) is 0 Å². The summed E-state index contributed by atoms with van der Waals surface area (Å²) in [5.74, 6) is 0. The first-order valence-corrected chi connectivity index (χ1v) is 3.88. The first kappa shape index (κ1) is 7.95. The minimum absolute atomic E-state index is 0.0150. The maximum Gasteiger partial charge on any atom is 0.0446 e. The second-order valence-corrected chi connectivity index (χ2v) is 2.79. The van der Waals surface area contributed by atoms with Gasteiger partial charge < -0.3 is 5.11 Å². The number of hydrogen-bond donors (Lipinski definition) is 1. The molecule has 3 heteroatoms. The zero-order chi connectivity index (χ0) is 7.40. The van der Waals surface area contributed by atoms with Crippen LogP contribution in [0.4, 0.5) is 4.48 Å². The van der Waals surface area contributed by atoms with Crippen LogP contribution in [0.1, 0.15) is 25.7 Å². The monoisotopic (exact) mass is 147 g/mol. The highest BCUT2D eigenvalue weighted by Crippen LogP contribution is 2.18. The van der Waals surface area contributed by atoms with Gasteiger partial charge in [-0.15, -0.1) is 9.60 Å². The average Bonchev–Trinajstić information content (AvgIpc) is 1.94. The average molecular weight is 147 g/mol. The van der Waals surface area contributed by atoms with E-state index in [2.05, 4.69) is 0 Å². The molecule has 0 spiro atoms. The summed E-state index contributed by atoms with van der Waals surface area (Å²) in [4.78, 5) is 0. The summed E-state index contributed by atoms with van der Waals surface area (Å²) >= 11 is 0.